The molecule has 0 radical (unpaired) electrons. The largest absolute Gasteiger partial charge is 0.335 e. The van der Waals surface area contributed by atoms with Crippen LogP contribution in [0.15, 0.2) is 46.9 Å². The van der Waals surface area contributed by atoms with Gasteiger partial charge < -0.3 is 4.90 Å². The van der Waals surface area contributed by atoms with Gasteiger partial charge in [0.1, 0.15) is 0 Å². The summed E-state index contributed by atoms with van der Waals surface area (Å²) in [6.45, 7) is 2.67. The summed E-state index contributed by atoms with van der Waals surface area (Å²) in [5.41, 5.74) is 1.14. The van der Waals surface area contributed by atoms with Crippen LogP contribution in [0.25, 0.3) is 16.5 Å². The molecule has 1 saturated heterocycles. The Morgan fingerprint density at radius 3 is 2.64 bits per heavy atom. The maximum Gasteiger partial charge on any atom is 0.246 e. The van der Waals surface area contributed by atoms with E-state index in [2.05, 4.69) is 41.1 Å². The number of carbonyl (C=O) groups excluding carboxylic acids is 1. The molecule has 1 aliphatic heterocycles. The zero-order valence-electron chi connectivity index (χ0n) is 15.8. The van der Waals surface area contributed by atoms with Crippen molar-refractivity contribution in [3.05, 3.63) is 51.8 Å². The molecule has 0 saturated carbocycles. The topological polar surface area (TPSA) is 54.5 Å². The van der Waals surface area contributed by atoms with E-state index in [1.165, 1.54) is 0 Å². The molecule has 28 heavy (non-hydrogen) atoms. The smallest absolute Gasteiger partial charge is 0.246 e. The van der Waals surface area contributed by atoms with E-state index in [-0.39, 0.29) is 23.5 Å². The molecule has 4 nitrogen and oxygen atoms in total. The summed E-state index contributed by atoms with van der Waals surface area (Å²) in [4.78, 5) is 16.7. The van der Waals surface area contributed by atoms with E-state index in [0.29, 0.717) is 13.0 Å². The Morgan fingerprint density at radius 2 is 2.00 bits per heavy atom. The normalized spacial score (nSPS) is 18.6. The van der Waals surface area contributed by atoms with Gasteiger partial charge in [0.15, 0.2) is 9.84 Å². The van der Waals surface area contributed by atoms with E-state index in [0.717, 1.165) is 32.6 Å². The van der Waals surface area contributed by atoms with Gasteiger partial charge in [-0.05, 0) is 48.7 Å². The third-order valence-corrected chi connectivity index (χ3v) is 8.21. The van der Waals surface area contributed by atoms with E-state index in [9.17, 15) is 13.2 Å². The summed E-state index contributed by atoms with van der Waals surface area (Å²) in [5, 5.41) is 0. The number of halogens is 1. The quantitative estimate of drug-likeness (QED) is 0.522. The minimum atomic E-state index is -3.02. The Balaban J connectivity index is 1.70. The third-order valence-electron chi connectivity index (χ3n) is 4.83. The summed E-state index contributed by atoms with van der Waals surface area (Å²) in [6, 6.07) is 12.0. The molecule has 3 rings (SSSR count). The fourth-order valence-electron chi connectivity index (χ4n) is 3.28. The number of thiophene rings is 1. The second-order valence-electron chi connectivity index (χ2n) is 6.98. The van der Waals surface area contributed by atoms with Crippen molar-refractivity contribution in [1.82, 2.24) is 4.90 Å². The lowest BCUT2D eigenvalue weighted by Crippen LogP contribution is -2.40. The van der Waals surface area contributed by atoms with Crippen molar-refractivity contribution in [2.24, 2.45) is 0 Å². The second kappa shape index (κ2) is 9.37. The number of rotatable bonds is 7. The minimum Gasteiger partial charge on any atom is -0.335 e. The number of hydrogen-bond donors (Lipinski definition) is 0. The van der Waals surface area contributed by atoms with Crippen molar-refractivity contribution in [1.29, 1.82) is 0 Å². The number of sulfone groups is 1. The zero-order valence-corrected chi connectivity index (χ0v) is 19.0. The van der Waals surface area contributed by atoms with Crippen molar-refractivity contribution in [3.8, 4) is 10.4 Å². The Hall–Kier alpha value is -1.44. The molecule has 1 aromatic heterocycles. The maximum atomic E-state index is 12.8. The molecule has 1 amide bonds. The first-order valence-electron chi connectivity index (χ1n) is 9.43. The van der Waals surface area contributed by atoms with E-state index in [4.69, 9.17) is 0 Å². The highest BCUT2D eigenvalue weighted by Crippen LogP contribution is 2.30. The summed E-state index contributed by atoms with van der Waals surface area (Å²) in [7, 11) is -3.02. The van der Waals surface area contributed by atoms with Crippen LogP contribution in [-0.4, -0.2) is 43.3 Å². The number of amides is 1. The predicted molar refractivity (Wildman–Crippen MR) is 120 cm³/mol. The molecule has 1 atom stereocenters. The SMILES string of the molecule is CCCCN(C(=O)C=Cc1ccc(-c2ccc(Br)cc2)s1)C1CCS(=O)(=O)C1. The third kappa shape index (κ3) is 5.55. The molecular formula is C21H24BrNO3S2. The fraction of sp³-hybridized carbons (Fsp3) is 0.381. The molecule has 1 aliphatic rings. The van der Waals surface area contributed by atoms with Crippen LogP contribution < -0.4 is 0 Å². The van der Waals surface area contributed by atoms with Crippen molar-refractivity contribution in [2.75, 3.05) is 18.1 Å². The highest BCUT2D eigenvalue weighted by atomic mass is 79.9. The Bertz CT molecular complexity index is 948. The second-order valence-corrected chi connectivity index (χ2v) is 11.2. The van der Waals surface area contributed by atoms with Crippen molar-refractivity contribution < 1.29 is 13.2 Å². The first-order chi connectivity index (χ1) is 13.4. The lowest BCUT2D eigenvalue weighted by Gasteiger charge is -2.27. The molecule has 7 heteroatoms. The standard InChI is InChI=1S/C21H24BrNO3S2/c1-2-3-13-23(18-12-14-28(25,26)15-18)21(24)11-9-19-8-10-20(27-19)16-4-6-17(22)7-5-16/h4-11,18H,2-3,12-15H2,1H3. The summed E-state index contributed by atoms with van der Waals surface area (Å²) in [6.07, 6.45) is 5.80. The molecule has 0 N–H and O–H groups in total. The average molecular weight is 482 g/mol. The molecule has 0 spiro atoms. The first-order valence-corrected chi connectivity index (χ1v) is 12.9. The number of carbonyl (C=O) groups is 1. The Morgan fingerprint density at radius 1 is 1.25 bits per heavy atom. The van der Waals surface area contributed by atoms with Gasteiger partial charge in [-0.25, -0.2) is 8.42 Å². The van der Waals surface area contributed by atoms with Gasteiger partial charge in [0.25, 0.3) is 0 Å². The van der Waals surface area contributed by atoms with E-state index < -0.39 is 9.84 Å². The van der Waals surface area contributed by atoms with Gasteiger partial charge in [0.05, 0.1) is 11.5 Å². The van der Waals surface area contributed by atoms with Crippen LogP contribution in [0.4, 0.5) is 0 Å². The van der Waals surface area contributed by atoms with Gasteiger partial charge in [-0.3, -0.25) is 4.79 Å². The van der Waals surface area contributed by atoms with Crippen LogP contribution in [-0.2, 0) is 14.6 Å². The highest BCUT2D eigenvalue weighted by molar-refractivity contribution is 9.10. The molecule has 1 fully saturated rings. The monoisotopic (exact) mass is 481 g/mol. The molecule has 0 bridgehead atoms. The van der Waals surface area contributed by atoms with Gasteiger partial charge >= 0.3 is 0 Å². The number of unbranched alkanes of at least 4 members (excludes halogenated alkanes) is 1. The lowest BCUT2D eigenvalue weighted by molar-refractivity contribution is -0.127. The van der Waals surface area contributed by atoms with Crippen LogP contribution in [0.5, 0.6) is 0 Å². The van der Waals surface area contributed by atoms with Crippen molar-refractivity contribution in [2.45, 2.75) is 32.2 Å². The van der Waals surface area contributed by atoms with E-state index >= 15 is 0 Å². The summed E-state index contributed by atoms with van der Waals surface area (Å²) < 4.78 is 24.7. The van der Waals surface area contributed by atoms with Crippen LogP contribution in [0.3, 0.4) is 0 Å². The Labute approximate surface area is 179 Å². The van der Waals surface area contributed by atoms with Crippen LogP contribution in [0.1, 0.15) is 31.1 Å². The number of hydrogen-bond acceptors (Lipinski definition) is 4. The minimum absolute atomic E-state index is 0.0863. The molecular weight excluding hydrogens is 458 g/mol. The average Bonchev–Trinajstić information content (AvgIpc) is 3.27. The van der Waals surface area contributed by atoms with E-state index in [1.807, 2.05) is 24.3 Å². The van der Waals surface area contributed by atoms with Crippen molar-refractivity contribution >= 4 is 49.1 Å². The molecule has 2 heterocycles. The predicted octanol–water partition coefficient (Wildman–Crippen LogP) is 5.01. The maximum absolute atomic E-state index is 12.8. The summed E-state index contributed by atoms with van der Waals surface area (Å²) in [5.74, 6) is 0.163. The van der Waals surface area contributed by atoms with Crippen LogP contribution in [0.2, 0.25) is 0 Å². The summed E-state index contributed by atoms with van der Waals surface area (Å²) >= 11 is 5.07. The van der Waals surface area contributed by atoms with Gasteiger partial charge in [0, 0.05) is 32.9 Å². The van der Waals surface area contributed by atoms with Crippen LogP contribution >= 0.6 is 27.3 Å². The number of nitrogens with zero attached hydrogens (tertiary/aromatic N) is 1. The van der Waals surface area contributed by atoms with Gasteiger partial charge in [0.2, 0.25) is 5.91 Å². The number of benzene rings is 1. The zero-order chi connectivity index (χ0) is 20.1. The molecule has 2 aromatic rings. The highest BCUT2D eigenvalue weighted by Gasteiger charge is 2.33. The fourth-order valence-corrected chi connectivity index (χ4v) is 6.19. The van der Waals surface area contributed by atoms with Gasteiger partial charge in [-0.15, -0.1) is 11.3 Å². The molecule has 1 aromatic carbocycles. The van der Waals surface area contributed by atoms with Crippen molar-refractivity contribution in [3.63, 3.8) is 0 Å². The molecule has 150 valence electrons. The first kappa shape index (κ1) is 21.3. The van der Waals surface area contributed by atoms with Crippen LogP contribution in [0, 0.1) is 0 Å². The molecule has 0 aliphatic carbocycles. The van der Waals surface area contributed by atoms with Gasteiger partial charge in [-0.2, -0.15) is 0 Å². The lowest BCUT2D eigenvalue weighted by atomic mass is 10.2. The van der Waals surface area contributed by atoms with Gasteiger partial charge in [-0.1, -0.05) is 41.4 Å². The molecule has 1 unspecified atom stereocenters. The van der Waals surface area contributed by atoms with E-state index in [1.54, 1.807) is 22.3 Å². The Kier molecular flexibility index (Phi) is 7.12.